The number of aromatic nitrogens is 3. The van der Waals surface area contributed by atoms with Crippen molar-refractivity contribution in [2.75, 3.05) is 31.0 Å². The molecule has 0 bridgehead atoms. The van der Waals surface area contributed by atoms with Gasteiger partial charge in [-0.05, 0) is 43.2 Å². The Hall–Kier alpha value is -3.33. The smallest absolute Gasteiger partial charge is 0.323 e. The minimum absolute atomic E-state index is 0.134. The normalized spacial score (nSPS) is 14.1. The van der Waals surface area contributed by atoms with Gasteiger partial charge in [-0.15, -0.1) is 0 Å². The second kappa shape index (κ2) is 12.4. The summed E-state index contributed by atoms with van der Waals surface area (Å²) < 4.78 is 30.1. The number of hydrogen-bond donors (Lipinski definition) is 2. The summed E-state index contributed by atoms with van der Waals surface area (Å²) in [5.74, 6) is 1.05. The molecule has 0 aliphatic heterocycles. The molecule has 186 valence electrons. The number of rotatable bonds is 10. The van der Waals surface area contributed by atoms with Gasteiger partial charge in [-0.1, -0.05) is 49.4 Å². The van der Waals surface area contributed by atoms with Gasteiger partial charge < -0.3 is 24.8 Å². The third kappa shape index (κ3) is 7.32. The Morgan fingerprint density at radius 3 is 2.40 bits per heavy atom. The fraction of sp³-hybridized carbons (Fsp3) is 0.400. The number of anilines is 3. The van der Waals surface area contributed by atoms with E-state index in [-0.39, 0.29) is 25.0 Å². The maximum absolute atomic E-state index is 13.7. The minimum atomic E-state index is -0.424. The van der Waals surface area contributed by atoms with Crippen LogP contribution in [-0.4, -0.2) is 41.3 Å². The second-order valence-corrected chi connectivity index (χ2v) is 8.61. The van der Waals surface area contributed by atoms with Gasteiger partial charge in [0.25, 0.3) is 0 Å². The molecule has 0 saturated heterocycles. The lowest BCUT2D eigenvalue weighted by molar-refractivity contribution is 0.201. The highest BCUT2D eigenvalue weighted by Gasteiger charge is 2.16. The van der Waals surface area contributed by atoms with Crippen molar-refractivity contribution in [3.8, 4) is 17.5 Å². The molecule has 0 spiro atoms. The van der Waals surface area contributed by atoms with E-state index in [1.165, 1.54) is 31.7 Å². The van der Waals surface area contributed by atoms with Crippen LogP contribution in [0.4, 0.5) is 22.0 Å². The standard InChI is InChI=1S/C25H29ClFN5O3/c1-33-21-13-12-18(16-19(21)26)29-24-30-23(28-17-8-4-2-3-5-9-17)31-25(32-24)35-15-14-34-22-11-7-6-10-20(22)27/h6-7,10-13,16-17H,2-5,8-9,14-15H2,1H3,(H2,28,29,30,31,32). The van der Waals surface area contributed by atoms with Gasteiger partial charge in [0.05, 0.1) is 12.1 Å². The lowest BCUT2D eigenvalue weighted by Gasteiger charge is -2.17. The van der Waals surface area contributed by atoms with E-state index >= 15 is 0 Å². The van der Waals surface area contributed by atoms with Gasteiger partial charge in [-0.3, -0.25) is 0 Å². The van der Waals surface area contributed by atoms with Gasteiger partial charge in [-0.2, -0.15) is 15.0 Å². The molecule has 1 aromatic heterocycles. The van der Waals surface area contributed by atoms with Crippen molar-refractivity contribution in [1.82, 2.24) is 15.0 Å². The van der Waals surface area contributed by atoms with E-state index < -0.39 is 5.82 Å². The van der Waals surface area contributed by atoms with E-state index in [1.54, 1.807) is 37.4 Å². The Balaban J connectivity index is 1.46. The first kappa shape index (κ1) is 24.8. The highest BCUT2D eigenvalue weighted by Crippen LogP contribution is 2.29. The summed E-state index contributed by atoms with van der Waals surface area (Å²) in [6.07, 6.45) is 6.97. The molecule has 35 heavy (non-hydrogen) atoms. The number of benzene rings is 2. The van der Waals surface area contributed by atoms with Crippen LogP contribution in [0.25, 0.3) is 0 Å². The Kier molecular flexibility index (Phi) is 8.78. The van der Waals surface area contributed by atoms with Crippen LogP contribution in [0.15, 0.2) is 42.5 Å². The summed E-state index contributed by atoms with van der Waals surface area (Å²) in [5.41, 5.74) is 0.691. The number of nitrogens with zero attached hydrogens (tertiary/aromatic N) is 3. The highest BCUT2D eigenvalue weighted by molar-refractivity contribution is 6.32. The third-order valence-corrected chi connectivity index (χ3v) is 5.92. The molecule has 1 saturated carbocycles. The van der Waals surface area contributed by atoms with Crippen molar-refractivity contribution >= 4 is 29.2 Å². The zero-order chi connectivity index (χ0) is 24.5. The summed E-state index contributed by atoms with van der Waals surface area (Å²) in [7, 11) is 1.56. The molecule has 1 heterocycles. The molecule has 10 heteroatoms. The molecule has 3 aromatic rings. The summed E-state index contributed by atoms with van der Waals surface area (Å²) in [6, 6.07) is 12.0. The average Bonchev–Trinajstić information content (AvgIpc) is 3.11. The molecular weight excluding hydrogens is 473 g/mol. The van der Waals surface area contributed by atoms with Crippen LogP contribution in [0.1, 0.15) is 38.5 Å². The lowest BCUT2D eigenvalue weighted by atomic mass is 10.1. The van der Waals surface area contributed by atoms with Crippen molar-refractivity contribution in [3.05, 3.63) is 53.3 Å². The number of methoxy groups -OCH3 is 1. The quantitative estimate of drug-likeness (QED) is 0.258. The summed E-state index contributed by atoms with van der Waals surface area (Å²) in [5, 5.41) is 7.04. The van der Waals surface area contributed by atoms with Crippen molar-refractivity contribution in [1.29, 1.82) is 0 Å². The molecule has 8 nitrogen and oxygen atoms in total. The molecule has 1 aliphatic carbocycles. The van der Waals surface area contributed by atoms with Crippen LogP contribution in [-0.2, 0) is 0 Å². The van der Waals surface area contributed by atoms with Crippen LogP contribution < -0.4 is 24.8 Å². The van der Waals surface area contributed by atoms with Crippen LogP contribution >= 0.6 is 11.6 Å². The molecule has 1 aliphatic rings. The molecule has 0 amide bonds. The molecule has 2 N–H and O–H groups in total. The van der Waals surface area contributed by atoms with Gasteiger partial charge in [0.15, 0.2) is 11.6 Å². The van der Waals surface area contributed by atoms with E-state index in [4.69, 9.17) is 25.8 Å². The van der Waals surface area contributed by atoms with Crippen molar-refractivity contribution in [3.63, 3.8) is 0 Å². The summed E-state index contributed by atoms with van der Waals surface area (Å²) in [6.45, 7) is 0.268. The molecule has 2 aromatic carbocycles. The molecule has 0 unspecified atom stereocenters. The summed E-state index contributed by atoms with van der Waals surface area (Å²) in [4.78, 5) is 13.3. The zero-order valence-electron chi connectivity index (χ0n) is 19.6. The van der Waals surface area contributed by atoms with Crippen molar-refractivity contribution in [2.24, 2.45) is 0 Å². The van der Waals surface area contributed by atoms with Crippen molar-refractivity contribution in [2.45, 2.75) is 44.6 Å². The second-order valence-electron chi connectivity index (χ2n) is 8.20. The zero-order valence-corrected chi connectivity index (χ0v) is 20.4. The largest absolute Gasteiger partial charge is 0.495 e. The number of nitrogens with one attached hydrogen (secondary N) is 2. The van der Waals surface area contributed by atoms with Crippen LogP contribution in [0.3, 0.4) is 0 Å². The SMILES string of the molecule is COc1ccc(Nc2nc(NC3CCCCCC3)nc(OCCOc3ccccc3F)n2)cc1Cl. The predicted molar refractivity (Wildman–Crippen MR) is 134 cm³/mol. The fourth-order valence-electron chi connectivity index (χ4n) is 3.87. The van der Waals surface area contributed by atoms with E-state index in [0.29, 0.717) is 34.4 Å². The van der Waals surface area contributed by atoms with Gasteiger partial charge in [0, 0.05) is 11.7 Å². The number of halogens is 2. The summed E-state index contributed by atoms with van der Waals surface area (Å²) >= 11 is 6.25. The van der Waals surface area contributed by atoms with Crippen LogP contribution in [0.5, 0.6) is 17.5 Å². The first-order valence-electron chi connectivity index (χ1n) is 11.7. The average molecular weight is 502 g/mol. The van der Waals surface area contributed by atoms with Crippen molar-refractivity contribution < 1.29 is 18.6 Å². The topological polar surface area (TPSA) is 90.4 Å². The lowest BCUT2D eigenvalue weighted by Crippen LogP contribution is -2.21. The van der Waals surface area contributed by atoms with Crippen LogP contribution in [0.2, 0.25) is 5.02 Å². The molecule has 1 fully saturated rings. The molecule has 0 atom stereocenters. The van der Waals surface area contributed by atoms with E-state index in [0.717, 1.165) is 12.8 Å². The molecule has 0 radical (unpaired) electrons. The first-order valence-corrected chi connectivity index (χ1v) is 12.1. The highest BCUT2D eigenvalue weighted by atomic mass is 35.5. The molecule has 4 rings (SSSR count). The maximum atomic E-state index is 13.7. The molecular formula is C25H29ClFN5O3. The van der Waals surface area contributed by atoms with Crippen LogP contribution in [0, 0.1) is 5.82 Å². The van der Waals surface area contributed by atoms with Gasteiger partial charge in [0.1, 0.15) is 19.0 Å². The van der Waals surface area contributed by atoms with E-state index in [1.807, 2.05) is 6.07 Å². The number of ether oxygens (including phenoxy) is 3. The first-order chi connectivity index (χ1) is 17.1. The van der Waals surface area contributed by atoms with E-state index in [2.05, 4.69) is 25.6 Å². The maximum Gasteiger partial charge on any atom is 0.323 e. The monoisotopic (exact) mass is 501 g/mol. The van der Waals surface area contributed by atoms with Gasteiger partial charge in [-0.25, -0.2) is 4.39 Å². The van der Waals surface area contributed by atoms with Gasteiger partial charge >= 0.3 is 6.01 Å². The minimum Gasteiger partial charge on any atom is -0.495 e. The van der Waals surface area contributed by atoms with E-state index in [9.17, 15) is 4.39 Å². The Morgan fingerprint density at radius 2 is 1.66 bits per heavy atom. The Labute approximate surface area is 209 Å². The Morgan fingerprint density at radius 1 is 0.914 bits per heavy atom. The van der Waals surface area contributed by atoms with Gasteiger partial charge in [0.2, 0.25) is 11.9 Å². The Bertz CT molecular complexity index is 1110. The number of hydrogen-bond acceptors (Lipinski definition) is 8. The fourth-order valence-corrected chi connectivity index (χ4v) is 4.13. The number of para-hydroxylation sites is 1. The third-order valence-electron chi connectivity index (χ3n) is 5.62. The predicted octanol–water partition coefficient (Wildman–Crippen LogP) is 6.01.